The minimum absolute atomic E-state index is 0.0832. The van der Waals surface area contributed by atoms with E-state index in [1.54, 1.807) is 24.3 Å². The van der Waals surface area contributed by atoms with Gasteiger partial charge in [-0.2, -0.15) is 13.2 Å². The van der Waals surface area contributed by atoms with E-state index in [0.717, 1.165) is 17.5 Å². The highest BCUT2D eigenvalue weighted by Gasteiger charge is 2.33. The minimum Gasteiger partial charge on any atom is -0.491 e. The van der Waals surface area contributed by atoms with Gasteiger partial charge in [-0.15, -0.1) is 0 Å². The standard InChI is InChI=1S/C18H22F3N5O/c1-12(2)27-14-7-5-13(6-8-14)26-17(22)25-11-10-24-16-15(18(19,20)21)4-3-9-23-16/h3-9,12H,10-11H2,1-2H3,(H,23,24)(H3,22,25,26). The van der Waals surface area contributed by atoms with Crippen LogP contribution in [0.15, 0.2) is 47.6 Å². The van der Waals surface area contributed by atoms with Crippen LogP contribution in [0, 0.1) is 0 Å². The number of halogens is 3. The summed E-state index contributed by atoms with van der Waals surface area (Å²) < 4.78 is 44.2. The van der Waals surface area contributed by atoms with Crippen LogP contribution in [0.1, 0.15) is 19.4 Å². The summed E-state index contributed by atoms with van der Waals surface area (Å²) in [6.07, 6.45) is -3.09. The number of aliphatic imine (C=N–C) groups is 1. The van der Waals surface area contributed by atoms with Gasteiger partial charge in [0.15, 0.2) is 5.96 Å². The maximum atomic E-state index is 12.9. The number of alkyl halides is 3. The molecule has 0 radical (unpaired) electrons. The van der Waals surface area contributed by atoms with E-state index in [4.69, 9.17) is 10.5 Å². The summed E-state index contributed by atoms with van der Waals surface area (Å²) in [5, 5.41) is 5.53. The lowest BCUT2D eigenvalue weighted by molar-refractivity contribution is -0.137. The highest BCUT2D eigenvalue weighted by atomic mass is 19.4. The molecule has 0 aliphatic rings. The van der Waals surface area contributed by atoms with Gasteiger partial charge in [0.1, 0.15) is 11.6 Å². The first-order valence-corrected chi connectivity index (χ1v) is 8.35. The summed E-state index contributed by atoms with van der Waals surface area (Å²) in [5.74, 6) is 0.671. The second-order valence-corrected chi connectivity index (χ2v) is 5.91. The van der Waals surface area contributed by atoms with E-state index in [1.165, 1.54) is 12.3 Å². The quantitative estimate of drug-likeness (QED) is 0.387. The van der Waals surface area contributed by atoms with Crippen molar-refractivity contribution in [1.82, 2.24) is 4.98 Å². The number of nitrogens with two attached hydrogens (primary N) is 1. The van der Waals surface area contributed by atoms with E-state index in [9.17, 15) is 13.2 Å². The van der Waals surface area contributed by atoms with E-state index in [1.807, 2.05) is 13.8 Å². The zero-order valence-corrected chi connectivity index (χ0v) is 15.0. The molecule has 27 heavy (non-hydrogen) atoms. The molecular formula is C18H22F3N5O. The molecule has 0 aliphatic heterocycles. The van der Waals surface area contributed by atoms with E-state index < -0.39 is 11.7 Å². The first-order chi connectivity index (χ1) is 12.8. The molecule has 1 heterocycles. The lowest BCUT2D eigenvalue weighted by atomic mass is 10.2. The van der Waals surface area contributed by atoms with Crippen LogP contribution < -0.4 is 21.1 Å². The Hall–Kier alpha value is -2.97. The Morgan fingerprint density at radius 1 is 1.22 bits per heavy atom. The highest BCUT2D eigenvalue weighted by Crippen LogP contribution is 2.33. The number of rotatable bonds is 7. The molecule has 0 saturated carbocycles. The first kappa shape index (κ1) is 20.3. The van der Waals surface area contributed by atoms with Crippen LogP contribution in [0.25, 0.3) is 0 Å². The molecule has 6 nitrogen and oxygen atoms in total. The first-order valence-electron chi connectivity index (χ1n) is 8.35. The van der Waals surface area contributed by atoms with Crippen LogP contribution in [0.4, 0.5) is 24.7 Å². The number of hydrogen-bond donors (Lipinski definition) is 3. The van der Waals surface area contributed by atoms with Crippen LogP contribution in [0.3, 0.4) is 0 Å². The van der Waals surface area contributed by atoms with Gasteiger partial charge >= 0.3 is 6.18 Å². The third-order valence-corrected chi connectivity index (χ3v) is 3.30. The number of hydrogen-bond acceptors (Lipinski definition) is 4. The van der Waals surface area contributed by atoms with Crippen LogP contribution in [-0.2, 0) is 6.18 Å². The molecular weight excluding hydrogens is 359 g/mol. The molecule has 1 aromatic carbocycles. The maximum absolute atomic E-state index is 12.9. The Morgan fingerprint density at radius 2 is 1.93 bits per heavy atom. The molecule has 0 unspecified atom stereocenters. The summed E-state index contributed by atoms with van der Waals surface area (Å²) in [5.41, 5.74) is 5.70. The zero-order valence-electron chi connectivity index (χ0n) is 15.0. The van der Waals surface area contributed by atoms with Gasteiger partial charge in [0, 0.05) is 18.4 Å². The van der Waals surface area contributed by atoms with Crippen molar-refractivity contribution in [3.05, 3.63) is 48.2 Å². The fourth-order valence-electron chi connectivity index (χ4n) is 2.20. The summed E-state index contributed by atoms with van der Waals surface area (Å²) in [6.45, 7) is 4.21. The smallest absolute Gasteiger partial charge is 0.419 e. The molecule has 0 aliphatic carbocycles. The van der Waals surface area contributed by atoms with Crippen molar-refractivity contribution in [2.75, 3.05) is 23.7 Å². The lowest BCUT2D eigenvalue weighted by Gasteiger charge is -2.12. The van der Waals surface area contributed by atoms with Gasteiger partial charge in [-0.3, -0.25) is 4.99 Å². The monoisotopic (exact) mass is 381 g/mol. The zero-order chi connectivity index (χ0) is 19.9. The van der Waals surface area contributed by atoms with E-state index in [2.05, 4.69) is 20.6 Å². The molecule has 0 spiro atoms. The number of guanidine groups is 1. The van der Waals surface area contributed by atoms with Crippen molar-refractivity contribution in [2.24, 2.45) is 10.7 Å². The number of pyridine rings is 1. The molecule has 0 saturated heterocycles. The molecule has 2 aromatic rings. The highest BCUT2D eigenvalue weighted by molar-refractivity contribution is 5.92. The van der Waals surface area contributed by atoms with Crippen molar-refractivity contribution in [3.63, 3.8) is 0 Å². The summed E-state index contributed by atoms with van der Waals surface area (Å²) >= 11 is 0. The van der Waals surface area contributed by atoms with E-state index in [-0.39, 0.29) is 31.0 Å². The number of nitrogens with zero attached hydrogens (tertiary/aromatic N) is 2. The van der Waals surface area contributed by atoms with Crippen LogP contribution in [0.5, 0.6) is 5.75 Å². The largest absolute Gasteiger partial charge is 0.491 e. The van der Waals surface area contributed by atoms with Gasteiger partial charge in [0.25, 0.3) is 0 Å². The molecule has 2 rings (SSSR count). The molecule has 0 atom stereocenters. The molecule has 0 bridgehead atoms. The van der Waals surface area contributed by atoms with Gasteiger partial charge in [-0.1, -0.05) is 0 Å². The number of ether oxygens (including phenoxy) is 1. The van der Waals surface area contributed by atoms with Crippen LogP contribution in [0.2, 0.25) is 0 Å². The normalized spacial score (nSPS) is 12.1. The van der Waals surface area contributed by atoms with Gasteiger partial charge in [0.2, 0.25) is 0 Å². The summed E-state index contributed by atoms with van der Waals surface area (Å²) in [7, 11) is 0. The molecule has 146 valence electrons. The summed E-state index contributed by atoms with van der Waals surface area (Å²) in [6, 6.07) is 9.41. The van der Waals surface area contributed by atoms with Crippen molar-refractivity contribution < 1.29 is 17.9 Å². The topological polar surface area (TPSA) is 84.6 Å². The number of aromatic nitrogens is 1. The average molecular weight is 381 g/mol. The van der Waals surface area contributed by atoms with Crippen LogP contribution in [-0.4, -0.2) is 30.1 Å². The molecule has 1 aromatic heterocycles. The fraction of sp³-hybridized carbons (Fsp3) is 0.333. The van der Waals surface area contributed by atoms with Crippen LogP contribution >= 0.6 is 0 Å². The third kappa shape index (κ3) is 6.69. The van der Waals surface area contributed by atoms with Gasteiger partial charge in [-0.25, -0.2) is 4.98 Å². The Bertz CT molecular complexity index is 760. The van der Waals surface area contributed by atoms with E-state index >= 15 is 0 Å². The van der Waals surface area contributed by atoms with E-state index in [0.29, 0.717) is 0 Å². The average Bonchev–Trinajstić information content (AvgIpc) is 2.59. The third-order valence-electron chi connectivity index (χ3n) is 3.30. The Balaban J connectivity index is 1.85. The van der Waals surface area contributed by atoms with Crippen molar-refractivity contribution in [2.45, 2.75) is 26.1 Å². The number of benzene rings is 1. The van der Waals surface area contributed by atoms with Gasteiger partial charge < -0.3 is 21.1 Å². The fourth-order valence-corrected chi connectivity index (χ4v) is 2.20. The molecule has 9 heteroatoms. The second-order valence-electron chi connectivity index (χ2n) is 5.91. The summed E-state index contributed by atoms with van der Waals surface area (Å²) in [4.78, 5) is 7.80. The second kappa shape index (κ2) is 9.11. The lowest BCUT2D eigenvalue weighted by Crippen LogP contribution is -2.24. The van der Waals surface area contributed by atoms with Crippen molar-refractivity contribution in [1.29, 1.82) is 0 Å². The molecule has 4 N–H and O–H groups in total. The number of anilines is 2. The molecule has 0 fully saturated rings. The molecule has 0 amide bonds. The maximum Gasteiger partial charge on any atom is 0.419 e. The Kier molecular flexibility index (Phi) is 6.86. The minimum atomic E-state index is -4.47. The van der Waals surface area contributed by atoms with Crippen molar-refractivity contribution in [3.8, 4) is 5.75 Å². The predicted octanol–water partition coefficient (Wildman–Crippen LogP) is 3.73. The predicted molar refractivity (Wildman–Crippen MR) is 100 cm³/mol. The Labute approximate surface area is 155 Å². The number of nitrogens with one attached hydrogen (secondary N) is 2. The Morgan fingerprint density at radius 3 is 2.56 bits per heavy atom. The van der Waals surface area contributed by atoms with Gasteiger partial charge in [-0.05, 0) is 50.2 Å². The SMILES string of the molecule is CC(C)Oc1ccc(NC(N)=NCCNc2ncccc2C(F)(F)F)cc1. The van der Waals surface area contributed by atoms with Crippen molar-refractivity contribution >= 4 is 17.5 Å². The van der Waals surface area contributed by atoms with Gasteiger partial charge in [0.05, 0.1) is 18.2 Å².